The van der Waals surface area contributed by atoms with Crippen molar-refractivity contribution in [2.45, 2.75) is 44.9 Å². The van der Waals surface area contributed by atoms with Crippen LogP contribution in [0.3, 0.4) is 0 Å². The maximum absolute atomic E-state index is 12.1. The molecule has 0 bridgehead atoms. The molecule has 218 valence electrons. The first-order valence-corrected chi connectivity index (χ1v) is 15.1. The van der Waals surface area contributed by atoms with Gasteiger partial charge in [0.25, 0.3) is 0 Å². The van der Waals surface area contributed by atoms with Crippen LogP contribution in [0.4, 0.5) is 0 Å². The van der Waals surface area contributed by atoms with Crippen LogP contribution >= 0.6 is 0 Å². The van der Waals surface area contributed by atoms with Gasteiger partial charge in [0.15, 0.2) is 0 Å². The van der Waals surface area contributed by atoms with Crippen molar-refractivity contribution in [1.29, 1.82) is 0 Å². The van der Waals surface area contributed by atoms with Gasteiger partial charge in [-0.2, -0.15) is 0 Å². The second-order valence-corrected chi connectivity index (χ2v) is 10.8. The van der Waals surface area contributed by atoms with Crippen LogP contribution in [0, 0.1) is 0 Å². The van der Waals surface area contributed by atoms with Crippen molar-refractivity contribution in [3.05, 3.63) is 132 Å². The Kier molecular flexibility index (Phi) is 9.68. The van der Waals surface area contributed by atoms with Crippen LogP contribution in [0.5, 0.6) is 0 Å². The minimum Gasteiger partial charge on any atom is -0.463 e. The Morgan fingerprint density at radius 3 is 1.40 bits per heavy atom. The Balaban J connectivity index is 1.64. The highest BCUT2D eigenvalue weighted by molar-refractivity contribution is 5.99. The van der Waals surface area contributed by atoms with Crippen molar-refractivity contribution in [3.63, 3.8) is 0 Å². The smallest absolute Gasteiger partial charge is 0.330 e. The third kappa shape index (κ3) is 6.39. The highest BCUT2D eigenvalue weighted by atomic mass is 16.5. The van der Waals surface area contributed by atoms with Crippen LogP contribution < -0.4 is 0 Å². The van der Waals surface area contributed by atoms with E-state index < -0.39 is 0 Å². The monoisotopic (exact) mass is 570 g/mol. The van der Waals surface area contributed by atoms with E-state index in [0.29, 0.717) is 26.1 Å². The molecule has 43 heavy (non-hydrogen) atoms. The average Bonchev–Trinajstić information content (AvgIpc) is 3.32. The van der Waals surface area contributed by atoms with Gasteiger partial charge in [-0.15, -0.1) is 0 Å². The van der Waals surface area contributed by atoms with E-state index in [2.05, 4.69) is 84.9 Å². The Labute approximate surface area is 254 Å². The molecule has 0 heterocycles. The van der Waals surface area contributed by atoms with Gasteiger partial charge < -0.3 is 9.47 Å². The summed E-state index contributed by atoms with van der Waals surface area (Å²) in [5.41, 5.74) is 9.43. The van der Waals surface area contributed by atoms with Gasteiger partial charge in [0.1, 0.15) is 0 Å². The second-order valence-electron chi connectivity index (χ2n) is 10.8. The first kappa shape index (κ1) is 29.8. The van der Waals surface area contributed by atoms with E-state index in [1.165, 1.54) is 56.7 Å². The number of hydrogen-bond donors (Lipinski definition) is 0. The van der Waals surface area contributed by atoms with Gasteiger partial charge in [0.2, 0.25) is 0 Å². The molecule has 0 atom stereocenters. The maximum atomic E-state index is 12.1. The quantitative estimate of drug-likeness (QED) is 0.0968. The van der Waals surface area contributed by atoms with Gasteiger partial charge in [-0.1, -0.05) is 109 Å². The first-order valence-electron chi connectivity index (χ1n) is 15.1. The fourth-order valence-electron chi connectivity index (χ4n) is 6.43. The van der Waals surface area contributed by atoms with E-state index in [4.69, 9.17) is 9.47 Å². The molecule has 4 nitrogen and oxygen atoms in total. The van der Waals surface area contributed by atoms with E-state index in [9.17, 15) is 9.59 Å². The third-order valence-electron chi connectivity index (χ3n) is 8.17. The maximum Gasteiger partial charge on any atom is 0.330 e. The Bertz CT molecular complexity index is 1490. The third-order valence-corrected chi connectivity index (χ3v) is 8.17. The second kappa shape index (κ2) is 14.0. The number of hydrogen-bond acceptors (Lipinski definition) is 4. The number of fused-ring (bicyclic) bond motifs is 3. The van der Waals surface area contributed by atoms with Gasteiger partial charge in [0.05, 0.1) is 13.2 Å². The molecule has 0 N–H and O–H groups in total. The number of carbonyl (C=O) groups excluding carboxylic acids is 2. The Morgan fingerprint density at radius 1 is 0.581 bits per heavy atom. The minimum absolute atomic E-state index is 0.322. The summed E-state index contributed by atoms with van der Waals surface area (Å²) >= 11 is 0. The molecular weight excluding hydrogens is 532 g/mol. The van der Waals surface area contributed by atoms with Crippen molar-refractivity contribution < 1.29 is 19.1 Å². The topological polar surface area (TPSA) is 52.6 Å². The average molecular weight is 571 g/mol. The first-order chi connectivity index (χ1) is 21.1. The summed E-state index contributed by atoms with van der Waals surface area (Å²) in [6.45, 7) is 4.28. The van der Waals surface area contributed by atoms with Crippen molar-refractivity contribution in [2.75, 3.05) is 13.2 Å². The summed E-state index contributed by atoms with van der Waals surface area (Å²) in [5, 5.41) is 0. The Morgan fingerprint density at radius 2 is 1.00 bits per heavy atom. The van der Waals surface area contributed by atoms with Gasteiger partial charge in [-0.3, -0.25) is 0 Å². The number of esters is 2. The van der Waals surface area contributed by atoms with E-state index in [0.717, 1.165) is 12.8 Å². The van der Waals surface area contributed by atoms with Gasteiger partial charge in [0, 0.05) is 17.6 Å². The molecule has 0 fully saturated rings. The summed E-state index contributed by atoms with van der Waals surface area (Å²) in [6.07, 6.45) is 9.26. The molecule has 0 aromatic heterocycles. The summed E-state index contributed by atoms with van der Waals surface area (Å²) in [5.74, 6) is -0.644. The molecule has 0 amide bonds. The molecule has 0 unspecified atom stereocenters. The van der Waals surface area contributed by atoms with Crippen molar-refractivity contribution in [1.82, 2.24) is 0 Å². The fraction of sp³-hybridized carbons (Fsp3) is 0.231. The van der Waals surface area contributed by atoms with Gasteiger partial charge in [-0.25, -0.2) is 9.59 Å². The summed E-state index contributed by atoms with van der Waals surface area (Å²) in [6, 6.07) is 34.4. The molecule has 0 saturated carbocycles. The van der Waals surface area contributed by atoms with E-state index in [1.807, 2.05) is 12.1 Å². The van der Waals surface area contributed by atoms with Crippen LogP contribution in [0.15, 0.2) is 121 Å². The lowest BCUT2D eigenvalue weighted by atomic mass is 9.71. The highest BCUT2D eigenvalue weighted by Crippen LogP contribution is 2.58. The van der Waals surface area contributed by atoms with Gasteiger partial charge >= 0.3 is 11.9 Å². The number of benzene rings is 4. The lowest BCUT2D eigenvalue weighted by Crippen LogP contribution is -2.27. The number of ether oxygens (including phenoxy) is 2. The van der Waals surface area contributed by atoms with Crippen molar-refractivity contribution in [3.8, 4) is 33.4 Å². The molecule has 1 aliphatic rings. The minimum atomic E-state index is -0.347. The fourth-order valence-corrected chi connectivity index (χ4v) is 6.43. The molecule has 4 aromatic rings. The molecular formula is C39H38O4. The zero-order valence-electron chi connectivity index (χ0n) is 24.9. The van der Waals surface area contributed by atoms with Crippen LogP contribution in [0.2, 0.25) is 0 Å². The van der Waals surface area contributed by atoms with Crippen LogP contribution in [-0.4, -0.2) is 25.2 Å². The molecule has 4 aromatic carbocycles. The van der Waals surface area contributed by atoms with E-state index in [-0.39, 0.29) is 17.4 Å². The lowest BCUT2D eigenvalue weighted by Gasteiger charge is -2.33. The predicted octanol–water partition coefficient (Wildman–Crippen LogP) is 9.09. The SMILES string of the molecule is CC=CC(=O)OCCCC1(CCCOC(=O)C=CC)c2cccc(-c3ccccc3)c2-c2c(-c3ccccc3)cccc21. The van der Waals surface area contributed by atoms with Crippen molar-refractivity contribution in [2.24, 2.45) is 0 Å². The molecule has 0 aliphatic heterocycles. The van der Waals surface area contributed by atoms with E-state index >= 15 is 0 Å². The molecule has 1 aliphatic carbocycles. The predicted molar refractivity (Wildman–Crippen MR) is 174 cm³/mol. The van der Waals surface area contributed by atoms with Crippen molar-refractivity contribution >= 4 is 11.9 Å². The molecule has 0 spiro atoms. The Hall–Kier alpha value is -4.70. The zero-order chi connectivity index (χ0) is 30.1. The van der Waals surface area contributed by atoms with Gasteiger partial charge in [-0.05, 0) is 84.0 Å². The summed E-state index contributed by atoms with van der Waals surface area (Å²) < 4.78 is 11.1. The highest BCUT2D eigenvalue weighted by Gasteiger charge is 2.44. The van der Waals surface area contributed by atoms with Crippen LogP contribution in [0.25, 0.3) is 33.4 Å². The largest absolute Gasteiger partial charge is 0.463 e. The zero-order valence-corrected chi connectivity index (χ0v) is 24.9. The normalized spacial score (nSPS) is 13.2. The molecule has 0 saturated heterocycles. The standard InChI is InChI=1S/C39H38O4/c1-3-15-35(40)42-27-13-25-39(26-14-28-43-36(41)16-4-2)33-23-11-21-31(29-17-7-5-8-18-29)37(33)38-32(22-12-24-34(38)39)30-19-9-6-10-20-30/h3-12,15-24H,13-14,25-28H2,1-2H3. The molecule has 4 heteroatoms. The number of rotatable bonds is 12. The van der Waals surface area contributed by atoms with Crippen LogP contribution in [0.1, 0.15) is 50.7 Å². The summed E-state index contributed by atoms with van der Waals surface area (Å²) in [4.78, 5) is 24.2. The number of allylic oxidation sites excluding steroid dienone is 2. The summed E-state index contributed by atoms with van der Waals surface area (Å²) in [7, 11) is 0. The number of carbonyl (C=O) groups is 2. The lowest BCUT2D eigenvalue weighted by molar-refractivity contribution is -0.138. The molecule has 0 radical (unpaired) electrons. The van der Waals surface area contributed by atoms with E-state index in [1.54, 1.807) is 26.0 Å². The van der Waals surface area contributed by atoms with Crippen LogP contribution in [-0.2, 0) is 24.5 Å². The molecule has 5 rings (SSSR count).